The topological polar surface area (TPSA) is 114 Å². The first-order chi connectivity index (χ1) is 24.0. The van der Waals surface area contributed by atoms with Gasteiger partial charge in [0, 0.05) is 35.1 Å². The van der Waals surface area contributed by atoms with E-state index in [1.807, 2.05) is 61.5 Å². The normalized spacial score (nSPS) is 11.7. The number of carbonyl (C=O) groups is 2. The second-order valence-corrected chi connectivity index (χ2v) is 14.6. The van der Waals surface area contributed by atoms with Gasteiger partial charge < -0.3 is 24.4 Å². The first-order valence-corrected chi connectivity index (χ1v) is 18.6. The van der Waals surface area contributed by atoms with Gasteiger partial charge in [-0.15, -0.1) is 0 Å². The van der Waals surface area contributed by atoms with Crippen LogP contribution in [0.1, 0.15) is 30.9 Å². The quantitative estimate of drug-likeness (QED) is 0.116. The number of nitrogens with zero attached hydrogens (tertiary/aromatic N) is 2. The summed E-state index contributed by atoms with van der Waals surface area (Å²) < 4.78 is 47.2. The fourth-order valence-electron chi connectivity index (χ4n) is 5.32. The molecule has 4 aromatic rings. The largest absolute Gasteiger partial charge is 0.495 e. The van der Waals surface area contributed by atoms with Gasteiger partial charge in [0.25, 0.3) is 10.0 Å². The summed E-state index contributed by atoms with van der Waals surface area (Å²) in [7, 11) is -0.251. The molecule has 0 saturated carbocycles. The van der Waals surface area contributed by atoms with Gasteiger partial charge in [0.2, 0.25) is 11.8 Å². The van der Waals surface area contributed by atoms with Crippen LogP contribution in [-0.2, 0) is 32.6 Å². The third-order valence-corrected chi connectivity index (χ3v) is 10.5. The molecule has 1 atom stereocenters. The van der Waals surface area contributed by atoms with Crippen molar-refractivity contribution >= 4 is 55.1 Å². The lowest BCUT2D eigenvalue weighted by Gasteiger charge is -2.34. The van der Waals surface area contributed by atoms with E-state index < -0.39 is 28.5 Å². The molecular weight excluding hydrogens is 746 g/mol. The first-order valence-electron chi connectivity index (χ1n) is 16.0. The standard InChI is InChI=1S/C37H41BrClN3O7S/c1-5-6-20-40-37(44)32(21-26-10-8-7-9-11-26)41(24-27-12-14-28(38)15-13-27)36(43)25-42(31-22-29(39)16-18-33(31)47-2)50(45,46)30-17-19-34(48-3)35(23-30)49-4/h7-19,22-23,32H,5-6,20-21,24-25H2,1-4H3,(H,40,44)/t32-/m1/s1. The van der Waals surface area contributed by atoms with Crippen LogP contribution in [0.25, 0.3) is 0 Å². The van der Waals surface area contributed by atoms with Crippen LogP contribution in [-0.4, -0.2) is 65.6 Å². The lowest BCUT2D eigenvalue weighted by atomic mass is 10.0. The Morgan fingerprint density at radius 1 is 0.840 bits per heavy atom. The van der Waals surface area contributed by atoms with Crippen LogP contribution < -0.4 is 23.8 Å². The number of anilines is 1. The van der Waals surface area contributed by atoms with Crippen LogP contribution in [0, 0.1) is 0 Å². The average Bonchev–Trinajstić information content (AvgIpc) is 3.12. The highest BCUT2D eigenvalue weighted by atomic mass is 79.9. The molecule has 0 aliphatic heterocycles. The summed E-state index contributed by atoms with van der Waals surface area (Å²) in [4.78, 5) is 30.0. The zero-order valence-electron chi connectivity index (χ0n) is 28.4. The molecule has 0 bridgehead atoms. The molecule has 2 amide bonds. The van der Waals surface area contributed by atoms with Crippen LogP contribution in [0.2, 0.25) is 5.02 Å². The maximum Gasteiger partial charge on any atom is 0.265 e. The van der Waals surface area contributed by atoms with Gasteiger partial charge in [-0.3, -0.25) is 13.9 Å². The lowest BCUT2D eigenvalue weighted by Crippen LogP contribution is -2.53. The van der Waals surface area contributed by atoms with Gasteiger partial charge in [0.1, 0.15) is 18.3 Å². The second-order valence-electron chi connectivity index (χ2n) is 11.3. The van der Waals surface area contributed by atoms with Crippen LogP contribution in [0.3, 0.4) is 0 Å². The summed E-state index contributed by atoms with van der Waals surface area (Å²) in [6.07, 6.45) is 1.83. The molecule has 266 valence electrons. The minimum atomic E-state index is -4.49. The van der Waals surface area contributed by atoms with Crippen molar-refractivity contribution in [3.63, 3.8) is 0 Å². The highest BCUT2D eigenvalue weighted by Crippen LogP contribution is 2.37. The fraction of sp³-hybridized carbons (Fsp3) is 0.297. The summed E-state index contributed by atoms with van der Waals surface area (Å²) in [6.45, 7) is 1.80. The highest BCUT2D eigenvalue weighted by Gasteiger charge is 2.36. The van der Waals surface area contributed by atoms with Crippen molar-refractivity contribution in [1.82, 2.24) is 10.2 Å². The molecular formula is C37H41BrClN3O7S. The van der Waals surface area contributed by atoms with Crippen molar-refractivity contribution in [2.45, 2.75) is 43.7 Å². The number of amides is 2. The van der Waals surface area contributed by atoms with E-state index in [9.17, 15) is 18.0 Å². The molecule has 0 unspecified atom stereocenters. The van der Waals surface area contributed by atoms with Gasteiger partial charge >= 0.3 is 0 Å². The summed E-state index contributed by atoms with van der Waals surface area (Å²) in [6, 6.07) is 24.4. The third kappa shape index (κ3) is 9.70. The number of halogens is 2. The number of ether oxygens (including phenoxy) is 3. The Bertz CT molecular complexity index is 1860. The summed E-state index contributed by atoms with van der Waals surface area (Å²) in [5.41, 5.74) is 1.62. The smallest absolute Gasteiger partial charge is 0.265 e. The molecule has 10 nitrogen and oxygen atoms in total. The predicted molar refractivity (Wildman–Crippen MR) is 199 cm³/mol. The van der Waals surface area contributed by atoms with Crippen LogP contribution in [0.4, 0.5) is 5.69 Å². The molecule has 0 aliphatic rings. The molecule has 4 rings (SSSR count). The molecule has 0 heterocycles. The number of nitrogens with one attached hydrogen (secondary N) is 1. The zero-order valence-corrected chi connectivity index (χ0v) is 31.6. The summed E-state index contributed by atoms with van der Waals surface area (Å²) in [5.74, 6) is -0.286. The highest BCUT2D eigenvalue weighted by molar-refractivity contribution is 9.10. The maximum atomic E-state index is 14.8. The predicted octanol–water partition coefficient (Wildman–Crippen LogP) is 6.88. The molecule has 0 aromatic heterocycles. The van der Waals surface area contributed by atoms with E-state index in [2.05, 4.69) is 21.2 Å². The molecule has 4 aromatic carbocycles. The number of carbonyl (C=O) groups excluding carboxylic acids is 2. The Morgan fingerprint density at radius 3 is 2.14 bits per heavy atom. The summed E-state index contributed by atoms with van der Waals surface area (Å²) in [5, 5.41) is 3.22. The van der Waals surface area contributed by atoms with Crippen molar-refractivity contribution in [3.05, 3.63) is 112 Å². The SMILES string of the molecule is CCCCNC(=O)[C@@H](Cc1ccccc1)N(Cc1ccc(Br)cc1)C(=O)CN(c1cc(Cl)ccc1OC)S(=O)(=O)c1ccc(OC)c(OC)c1. The minimum Gasteiger partial charge on any atom is -0.495 e. The zero-order chi connectivity index (χ0) is 36.3. The van der Waals surface area contributed by atoms with E-state index in [1.165, 1.54) is 56.6 Å². The second kappa shape index (κ2) is 18.1. The summed E-state index contributed by atoms with van der Waals surface area (Å²) >= 11 is 9.85. The van der Waals surface area contributed by atoms with Gasteiger partial charge in [-0.25, -0.2) is 8.42 Å². The van der Waals surface area contributed by atoms with Gasteiger partial charge in [0.05, 0.1) is 31.9 Å². The third-order valence-electron chi connectivity index (χ3n) is 8.00. The Kier molecular flexibility index (Phi) is 14.0. The van der Waals surface area contributed by atoms with Crippen molar-refractivity contribution < 1.29 is 32.2 Å². The van der Waals surface area contributed by atoms with Crippen LogP contribution >= 0.6 is 27.5 Å². The van der Waals surface area contributed by atoms with E-state index in [-0.39, 0.29) is 46.0 Å². The Labute approximate surface area is 307 Å². The van der Waals surface area contributed by atoms with E-state index >= 15 is 0 Å². The number of sulfonamides is 1. The van der Waals surface area contributed by atoms with Gasteiger partial charge in [-0.1, -0.05) is 83.3 Å². The van der Waals surface area contributed by atoms with Gasteiger partial charge in [-0.2, -0.15) is 0 Å². The maximum absolute atomic E-state index is 14.8. The lowest BCUT2D eigenvalue weighted by molar-refractivity contribution is -0.140. The molecule has 0 saturated heterocycles. The first kappa shape index (κ1) is 38.5. The molecule has 13 heteroatoms. The molecule has 0 radical (unpaired) electrons. The van der Waals surface area contributed by atoms with E-state index in [4.69, 9.17) is 25.8 Å². The minimum absolute atomic E-state index is 0.0295. The van der Waals surface area contributed by atoms with E-state index in [0.29, 0.717) is 12.3 Å². The average molecular weight is 787 g/mol. The van der Waals surface area contributed by atoms with Crippen molar-refractivity contribution in [2.75, 3.05) is 38.7 Å². The van der Waals surface area contributed by atoms with E-state index in [0.717, 1.165) is 32.7 Å². The van der Waals surface area contributed by atoms with Crippen molar-refractivity contribution in [2.24, 2.45) is 0 Å². The number of unbranched alkanes of at least 4 members (excludes halogenated alkanes) is 1. The van der Waals surface area contributed by atoms with Crippen molar-refractivity contribution in [1.29, 1.82) is 0 Å². The van der Waals surface area contributed by atoms with Crippen LogP contribution in [0.15, 0.2) is 100 Å². The molecule has 1 N–H and O–H groups in total. The van der Waals surface area contributed by atoms with Gasteiger partial charge in [-0.05, 0) is 60.0 Å². The molecule has 0 fully saturated rings. The number of hydrogen-bond acceptors (Lipinski definition) is 7. The monoisotopic (exact) mass is 785 g/mol. The molecule has 50 heavy (non-hydrogen) atoms. The van der Waals surface area contributed by atoms with Crippen molar-refractivity contribution in [3.8, 4) is 17.2 Å². The Balaban J connectivity index is 1.86. The molecule has 0 aliphatic carbocycles. The number of hydrogen-bond donors (Lipinski definition) is 1. The van der Waals surface area contributed by atoms with Crippen LogP contribution in [0.5, 0.6) is 17.2 Å². The number of rotatable bonds is 17. The Hall–Kier alpha value is -4.26. The van der Waals surface area contributed by atoms with E-state index in [1.54, 1.807) is 6.07 Å². The fourth-order valence-corrected chi connectivity index (χ4v) is 7.19. The molecule has 0 spiro atoms. The van der Waals surface area contributed by atoms with Gasteiger partial charge in [0.15, 0.2) is 11.5 Å². The number of benzene rings is 4. The Morgan fingerprint density at radius 2 is 1.50 bits per heavy atom. The number of methoxy groups -OCH3 is 3.